The summed E-state index contributed by atoms with van der Waals surface area (Å²) in [5.74, 6) is 0.482. The van der Waals surface area contributed by atoms with Crippen LogP contribution in [0.4, 0.5) is 0 Å². The molecule has 0 unspecified atom stereocenters. The Morgan fingerprint density at radius 1 is 1.33 bits per heavy atom. The minimum Gasteiger partial charge on any atom is -0.352 e. The SMILES string of the molecule is N[C@@H]1CCC[C@H]1CC(=O)NCc1ccc(Br)cc1. The van der Waals surface area contributed by atoms with Gasteiger partial charge in [-0.15, -0.1) is 0 Å². The first-order chi connectivity index (χ1) is 8.65. The van der Waals surface area contributed by atoms with Crippen molar-refractivity contribution in [3.63, 3.8) is 0 Å². The summed E-state index contributed by atoms with van der Waals surface area (Å²) in [7, 11) is 0. The number of nitrogens with two attached hydrogens (primary N) is 1. The van der Waals surface area contributed by atoms with E-state index in [0.717, 1.165) is 29.3 Å². The van der Waals surface area contributed by atoms with Crippen molar-refractivity contribution in [1.82, 2.24) is 5.32 Å². The summed E-state index contributed by atoms with van der Waals surface area (Å²) >= 11 is 3.39. The fourth-order valence-corrected chi connectivity index (χ4v) is 2.70. The Labute approximate surface area is 116 Å². The number of amides is 1. The zero-order valence-corrected chi connectivity index (χ0v) is 11.9. The summed E-state index contributed by atoms with van der Waals surface area (Å²) in [6.07, 6.45) is 3.88. The van der Waals surface area contributed by atoms with E-state index >= 15 is 0 Å². The van der Waals surface area contributed by atoms with Gasteiger partial charge in [0.05, 0.1) is 0 Å². The summed E-state index contributed by atoms with van der Waals surface area (Å²) in [5, 5.41) is 2.96. The van der Waals surface area contributed by atoms with Gasteiger partial charge in [-0.05, 0) is 36.5 Å². The maximum Gasteiger partial charge on any atom is 0.220 e. The van der Waals surface area contributed by atoms with E-state index in [1.807, 2.05) is 24.3 Å². The van der Waals surface area contributed by atoms with Crippen LogP contribution in [0.15, 0.2) is 28.7 Å². The Hall–Kier alpha value is -0.870. The van der Waals surface area contributed by atoms with E-state index in [1.165, 1.54) is 0 Å². The summed E-state index contributed by atoms with van der Waals surface area (Å²) in [4.78, 5) is 11.8. The van der Waals surface area contributed by atoms with Crippen molar-refractivity contribution in [3.05, 3.63) is 34.3 Å². The highest BCUT2D eigenvalue weighted by atomic mass is 79.9. The van der Waals surface area contributed by atoms with E-state index in [4.69, 9.17) is 5.73 Å². The molecule has 1 fully saturated rings. The lowest BCUT2D eigenvalue weighted by molar-refractivity contribution is -0.122. The third-order valence-corrected chi connectivity index (χ3v) is 4.10. The van der Waals surface area contributed by atoms with Crippen molar-refractivity contribution in [3.8, 4) is 0 Å². The van der Waals surface area contributed by atoms with Crippen LogP contribution in [0.5, 0.6) is 0 Å². The average Bonchev–Trinajstić information content (AvgIpc) is 2.74. The second-order valence-corrected chi connectivity index (χ2v) is 5.88. The molecule has 0 radical (unpaired) electrons. The highest BCUT2D eigenvalue weighted by Crippen LogP contribution is 2.26. The predicted octanol–water partition coefficient (Wildman–Crippen LogP) is 2.58. The second kappa shape index (κ2) is 6.34. The summed E-state index contributed by atoms with van der Waals surface area (Å²) in [5.41, 5.74) is 7.08. The zero-order chi connectivity index (χ0) is 13.0. The third-order valence-electron chi connectivity index (χ3n) is 3.57. The third kappa shape index (κ3) is 3.82. The molecule has 0 spiro atoms. The first-order valence-corrected chi connectivity index (χ1v) is 7.21. The molecule has 0 aliphatic heterocycles. The predicted molar refractivity (Wildman–Crippen MR) is 75.9 cm³/mol. The largest absolute Gasteiger partial charge is 0.352 e. The van der Waals surface area contributed by atoms with Crippen molar-refractivity contribution in [2.45, 2.75) is 38.3 Å². The first kappa shape index (κ1) is 13.6. The molecule has 1 aliphatic carbocycles. The molecular formula is C14H19BrN2O. The van der Waals surface area contributed by atoms with Crippen LogP contribution in [-0.2, 0) is 11.3 Å². The number of halogens is 1. The van der Waals surface area contributed by atoms with Gasteiger partial charge in [0.1, 0.15) is 0 Å². The number of benzene rings is 1. The Morgan fingerprint density at radius 3 is 2.67 bits per heavy atom. The molecule has 1 aliphatic rings. The van der Waals surface area contributed by atoms with Gasteiger partial charge >= 0.3 is 0 Å². The van der Waals surface area contributed by atoms with Crippen molar-refractivity contribution in [1.29, 1.82) is 0 Å². The minimum atomic E-state index is 0.111. The van der Waals surface area contributed by atoms with Crippen molar-refractivity contribution >= 4 is 21.8 Å². The Morgan fingerprint density at radius 2 is 2.06 bits per heavy atom. The molecule has 2 rings (SSSR count). The lowest BCUT2D eigenvalue weighted by Gasteiger charge is -2.14. The summed E-state index contributed by atoms with van der Waals surface area (Å²) in [6.45, 7) is 0.591. The van der Waals surface area contributed by atoms with Gasteiger partial charge < -0.3 is 11.1 Å². The topological polar surface area (TPSA) is 55.1 Å². The standard InChI is InChI=1S/C14H19BrN2O/c15-12-6-4-10(5-7-12)9-17-14(18)8-11-2-1-3-13(11)16/h4-7,11,13H,1-3,8-9,16H2,(H,17,18)/t11-,13+/m0/s1. The highest BCUT2D eigenvalue weighted by Gasteiger charge is 2.25. The van der Waals surface area contributed by atoms with Crippen molar-refractivity contribution < 1.29 is 4.79 Å². The average molecular weight is 311 g/mol. The molecule has 2 atom stereocenters. The number of rotatable bonds is 4. The van der Waals surface area contributed by atoms with E-state index in [9.17, 15) is 4.79 Å². The molecule has 0 bridgehead atoms. The molecule has 4 heteroatoms. The molecule has 0 heterocycles. The van der Waals surface area contributed by atoms with Gasteiger partial charge in [-0.1, -0.05) is 34.5 Å². The van der Waals surface area contributed by atoms with Gasteiger partial charge in [-0.3, -0.25) is 4.79 Å². The number of nitrogens with one attached hydrogen (secondary N) is 1. The van der Waals surface area contributed by atoms with E-state index < -0.39 is 0 Å². The van der Waals surface area contributed by atoms with Crippen molar-refractivity contribution in [2.24, 2.45) is 11.7 Å². The molecule has 1 saturated carbocycles. The normalized spacial score (nSPS) is 23.0. The minimum absolute atomic E-state index is 0.111. The fraction of sp³-hybridized carbons (Fsp3) is 0.500. The zero-order valence-electron chi connectivity index (χ0n) is 10.4. The molecule has 18 heavy (non-hydrogen) atoms. The Bertz CT molecular complexity index is 405. The van der Waals surface area contributed by atoms with Crippen LogP contribution in [0.2, 0.25) is 0 Å². The van der Waals surface area contributed by atoms with Gasteiger partial charge in [0, 0.05) is 23.5 Å². The van der Waals surface area contributed by atoms with Crippen LogP contribution in [0, 0.1) is 5.92 Å². The maximum atomic E-state index is 11.8. The highest BCUT2D eigenvalue weighted by molar-refractivity contribution is 9.10. The van der Waals surface area contributed by atoms with E-state index in [-0.39, 0.29) is 11.9 Å². The molecule has 98 valence electrons. The number of carbonyl (C=O) groups excluding carboxylic acids is 1. The van der Waals surface area contributed by atoms with Gasteiger partial charge in [0.2, 0.25) is 5.91 Å². The van der Waals surface area contributed by atoms with Gasteiger partial charge in [0.15, 0.2) is 0 Å². The van der Waals surface area contributed by atoms with Crippen LogP contribution in [0.3, 0.4) is 0 Å². The van der Waals surface area contributed by atoms with Gasteiger partial charge in [-0.25, -0.2) is 0 Å². The number of hydrogen-bond donors (Lipinski definition) is 2. The van der Waals surface area contributed by atoms with Gasteiger partial charge in [-0.2, -0.15) is 0 Å². The number of carbonyl (C=O) groups is 1. The second-order valence-electron chi connectivity index (χ2n) is 4.96. The lowest BCUT2D eigenvalue weighted by atomic mass is 10.00. The van der Waals surface area contributed by atoms with Gasteiger partial charge in [0.25, 0.3) is 0 Å². The molecule has 0 aromatic heterocycles. The smallest absolute Gasteiger partial charge is 0.220 e. The maximum absolute atomic E-state index is 11.8. The monoisotopic (exact) mass is 310 g/mol. The van der Waals surface area contributed by atoms with Crippen LogP contribution in [0.25, 0.3) is 0 Å². The summed E-state index contributed by atoms with van der Waals surface area (Å²) < 4.78 is 1.05. The molecule has 1 aromatic carbocycles. The first-order valence-electron chi connectivity index (χ1n) is 6.42. The molecule has 3 N–H and O–H groups in total. The van der Waals surface area contributed by atoms with Crippen LogP contribution >= 0.6 is 15.9 Å². The van der Waals surface area contributed by atoms with Crippen LogP contribution in [0.1, 0.15) is 31.2 Å². The lowest BCUT2D eigenvalue weighted by Crippen LogP contribution is -2.31. The van der Waals surface area contributed by atoms with E-state index in [2.05, 4.69) is 21.2 Å². The molecule has 1 amide bonds. The van der Waals surface area contributed by atoms with E-state index in [0.29, 0.717) is 18.9 Å². The molecular weight excluding hydrogens is 292 g/mol. The van der Waals surface area contributed by atoms with Crippen LogP contribution < -0.4 is 11.1 Å². The van der Waals surface area contributed by atoms with Crippen LogP contribution in [-0.4, -0.2) is 11.9 Å². The quantitative estimate of drug-likeness (QED) is 0.898. The summed E-state index contributed by atoms with van der Waals surface area (Å²) in [6, 6.07) is 8.18. The Balaban J connectivity index is 1.76. The molecule has 1 aromatic rings. The van der Waals surface area contributed by atoms with Crippen molar-refractivity contribution in [2.75, 3.05) is 0 Å². The molecule has 3 nitrogen and oxygen atoms in total. The molecule has 0 saturated heterocycles. The fourth-order valence-electron chi connectivity index (χ4n) is 2.43. The number of hydrogen-bond acceptors (Lipinski definition) is 2. The van der Waals surface area contributed by atoms with E-state index in [1.54, 1.807) is 0 Å². The Kier molecular flexibility index (Phi) is 4.78.